The first-order valence-electron chi connectivity index (χ1n) is 4.72. The van der Waals surface area contributed by atoms with Crippen LogP contribution in [-0.2, 0) is 0 Å². The van der Waals surface area contributed by atoms with Crippen LogP contribution >= 0.6 is 0 Å². The van der Waals surface area contributed by atoms with Crippen LogP contribution in [0.2, 0.25) is 0 Å². The molecule has 3 nitrogen and oxygen atoms in total. The minimum atomic E-state index is -0.0351. The van der Waals surface area contributed by atoms with Gasteiger partial charge in [-0.2, -0.15) is 0 Å². The maximum atomic E-state index is 11.8. The van der Waals surface area contributed by atoms with Gasteiger partial charge in [0.1, 0.15) is 11.5 Å². The molecule has 0 amide bonds. The molecule has 74 valence electrons. The summed E-state index contributed by atoms with van der Waals surface area (Å²) >= 11 is 0. The average molecular weight is 192 g/mol. The predicted molar refractivity (Wildman–Crippen MR) is 51.7 cm³/mol. The highest BCUT2D eigenvalue weighted by atomic mass is 16.5. The second kappa shape index (κ2) is 3.33. The zero-order valence-corrected chi connectivity index (χ0v) is 7.99. The molecule has 0 aromatic heterocycles. The smallest absolute Gasteiger partial charge is 0.173 e. The zero-order chi connectivity index (χ0) is 10.1. The van der Waals surface area contributed by atoms with Gasteiger partial charge in [-0.15, -0.1) is 0 Å². The third-order valence-corrected chi connectivity index (χ3v) is 2.53. The lowest BCUT2D eigenvalue weighted by molar-refractivity contribution is 0.0826. The van der Waals surface area contributed by atoms with E-state index in [1.165, 1.54) is 12.1 Å². The standard InChI is InChI=1S/C11H12O3/c1-2-7-6-14-10-5-8(12)3-4-9(10)11(7)13/h3-5,7,12H,2,6H2,1H3. The number of benzene rings is 1. The molecule has 0 saturated carbocycles. The molecule has 1 aromatic rings. The number of fused-ring (bicyclic) bond motifs is 1. The van der Waals surface area contributed by atoms with Gasteiger partial charge in [0, 0.05) is 6.07 Å². The summed E-state index contributed by atoms with van der Waals surface area (Å²) in [6, 6.07) is 4.62. The Hall–Kier alpha value is -1.51. The van der Waals surface area contributed by atoms with Crippen LogP contribution < -0.4 is 4.74 Å². The SMILES string of the molecule is CCC1COc2cc(O)ccc2C1=O. The Bertz CT molecular complexity index is 371. The molecule has 1 unspecified atom stereocenters. The van der Waals surface area contributed by atoms with Gasteiger partial charge in [0.05, 0.1) is 18.1 Å². The number of aromatic hydroxyl groups is 1. The van der Waals surface area contributed by atoms with Crippen molar-refractivity contribution in [3.05, 3.63) is 23.8 Å². The molecule has 3 heteroatoms. The molecule has 1 aromatic carbocycles. The predicted octanol–water partition coefficient (Wildman–Crippen LogP) is 1.99. The monoisotopic (exact) mass is 192 g/mol. The van der Waals surface area contributed by atoms with Gasteiger partial charge in [-0.25, -0.2) is 0 Å². The van der Waals surface area contributed by atoms with Gasteiger partial charge in [-0.05, 0) is 18.6 Å². The van der Waals surface area contributed by atoms with E-state index in [4.69, 9.17) is 4.74 Å². The number of hydrogen-bond acceptors (Lipinski definition) is 3. The van der Waals surface area contributed by atoms with Gasteiger partial charge >= 0.3 is 0 Å². The van der Waals surface area contributed by atoms with Crippen LogP contribution in [0, 0.1) is 5.92 Å². The third-order valence-electron chi connectivity index (χ3n) is 2.53. The maximum Gasteiger partial charge on any atom is 0.173 e. The molecule has 14 heavy (non-hydrogen) atoms. The van der Waals surface area contributed by atoms with Crippen LogP contribution in [0.25, 0.3) is 0 Å². The third kappa shape index (κ3) is 1.35. The molecular weight excluding hydrogens is 180 g/mol. The first-order valence-corrected chi connectivity index (χ1v) is 4.72. The molecule has 0 aliphatic carbocycles. The van der Waals surface area contributed by atoms with Gasteiger partial charge in [-0.1, -0.05) is 6.92 Å². The molecule has 0 fully saturated rings. The highest BCUT2D eigenvalue weighted by molar-refractivity contribution is 6.01. The topological polar surface area (TPSA) is 46.5 Å². The van der Waals surface area contributed by atoms with Crippen LogP contribution in [0.5, 0.6) is 11.5 Å². The number of hydrogen-bond donors (Lipinski definition) is 1. The van der Waals surface area contributed by atoms with Crippen molar-refractivity contribution in [2.45, 2.75) is 13.3 Å². The quantitative estimate of drug-likeness (QED) is 0.740. The highest BCUT2D eigenvalue weighted by Crippen LogP contribution is 2.31. The highest BCUT2D eigenvalue weighted by Gasteiger charge is 2.27. The molecular formula is C11H12O3. The van der Waals surface area contributed by atoms with Crippen LogP contribution in [0.1, 0.15) is 23.7 Å². The molecule has 0 bridgehead atoms. The number of carbonyl (C=O) groups excluding carboxylic acids is 1. The molecule has 1 heterocycles. The van der Waals surface area contributed by atoms with Crippen molar-refractivity contribution in [1.82, 2.24) is 0 Å². The van der Waals surface area contributed by atoms with Crippen LogP contribution in [-0.4, -0.2) is 17.5 Å². The summed E-state index contributed by atoms with van der Waals surface area (Å²) in [5.74, 6) is 0.715. The van der Waals surface area contributed by atoms with E-state index in [0.29, 0.717) is 17.9 Å². The Labute approximate surface area is 82.3 Å². The second-order valence-corrected chi connectivity index (χ2v) is 3.46. The summed E-state index contributed by atoms with van der Waals surface area (Å²) in [5.41, 5.74) is 0.584. The Morgan fingerprint density at radius 2 is 2.36 bits per heavy atom. The number of phenols is 1. The summed E-state index contributed by atoms with van der Waals surface area (Å²) < 4.78 is 5.40. The lowest BCUT2D eigenvalue weighted by atomic mass is 9.93. The summed E-state index contributed by atoms with van der Waals surface area (Å²) in [6.07, 6.45) is 0.791. The molecule has 2 rings (SSSR count). The van der Waals surface area contributed by atoms with Crippen molar-refractivity contribution in [1.29, 1.82) is 0 Å². The number of ketones is 1. The van der Waals surface area contributed by atoms with E-state index in [2.05, 4.69) is 0 Å². The normalized spacial score (nSPS) is 20.1. The number of Topliss-reactive ketones (excluding diaryl/α,β-unsaturated/α-hetero) is 1. The molecule has 0 radical (unpaired) electrons. The molecule has 1 N–H and O–H groups in total. The largest absolute Gasteiger partial charge is 0.508 e. The van der Waals surface area contributed by atoms with E-state index in [1.54, 1.807) is 6.07 Å². The van der Waals surface area contributed by atoms with Crippen molar-refractivity contribution in [3.63, 3.8) is 0 Å². The number of phenolic OH excluding ortho intramolecular Hbond substituents is 1. The second-order valence-electron chi connectivity index (χ2n) is 3.46. The average Bonchev–Trinajstić information content (AvgIpc) is 2.18. The van der Waals surface area contributed by atoms with Crippen LogP contribution in [0.3, 0.4) is 0 Å². The summed E-state index contributed by atoms with van der Waals surface area (Å²) in [5, 5.41) is 9.21. The minimum absolute atomic E-state index is 0.0351. The molecule has 0 spiro atoms. The van der Waals surface area contributed by atoms with E-state index < -0.39 is 0 Å². The fourth-order valence-corrected chi connectivity index (χ4v) is 1.62. The van der Waals surface area contributed by atoms with Crippen LogP contribution in [0.4, 0.5) is 0 Å². The summed E-state index contributed by atoms with van der Waals surface area (Å²) in [6.45, 7) is 2.39. The Morgan fingerprint density at radius 1 is 1.57 bits per heavy atom. The lowest BCUT2D eigenvalue weighted by Crippen LogP contribution is -2.27. The van der Waals surface area contributed by atoms with Crippen molar-refractivity contribution < 1.29 is 14.6 Å². The van der Waals surface area contributed by atoms with Gasteiger partial charge in [0.2, 0.25) is 0 Å². The van der Waals surface area contributed by atoms with E-state index in [9.17, 15) is 9.90 Å². The Balaban J connectivity index is 2.41. The van der Waals surface area contributed by atoms with Crippen molar-refractivity contribution in [3.8, 4) is 11.5 Å². The first kappa shape index (κ1) is 9.06. The molecule has 1 aliphatic rings. The van der Waals surface area contributed by atoms with Crippen molar-refractivity contribution >= 4 is 5.78 Å². The van der Waals surface area contributed by atoms with Gasteiger partial charge in [0.15, 0.2) is 5.78 Å². The fourth-order valence-electron chi connectivity index (χ4n) is 1.62. The summed E-state index contributed by atoms with van der Waals surface area (Å²) in [4.78, 5) is 11.8. The minimum Gasteiger partial charge on any atom is -0.508 e. The van der Waals surface area contributed by atoms with Gasteiger partial charge in [0.25, 0.3) is 0 Å². The zero-order valence-electron chi connectivity index (χ0n) is 7.99. The number of carbonyl (C=O) groups is 1. The van der Waals surface area contributed by atoms with Gasteiger partial charge in [-0.3, -0.25) is 4.79 Å². The van der Waals surface area contributed by atoms with Crippen molar-refractivity contribution in [2.24, 2.45) is 5.92 Å². The van der Waals surface area contributed by atoms with Gasteiger partial charge < -0.3 is 9.84 Å². The number of ether oxygens (including phenoxy) is 1. The molecule has 1 aliphatic heterocycles. The van der Waals surface area contributed by atoms with E-state index in [0.717, 1.165) is 6.42 Å². The summed E-state index contributed by atoms with van der Waals surface area (Å²) in [7, 11) is 0. The van der Waals surface area contributed by atoms with Crippen molar-refractivity contribution in [2.75, 3.05) is 6.61 Å². The Morgan fingerprint density at radius 3 is 3.07 bits per heavy atom. The van der Waals surface area contributed by atoms with E-state index >= 15 is 0 Å². The number of rotatable bonds is 1. The fraction of sp³-hybridized carbons (Fsp3) is 0.364. The van der Waals surface area contributed by atoms with Crippen LogP contribution in [0.15, 0.2) is 18.2 Å². The first-order chi connectivity index (χ1) is 6.72. The lowest BCUT2D eigenvalue weighted by Gasteiger charge is -2.22. The van der Waals surface area contributed by atoms with E-state index in [-0.39, 0.29) is 17.5 Å². The molecule has 0 saturated heterocycles. The maximum absolute atomic E-state index is 11.8. The van der Waals surface area contributed by atoms with E-state index in [1.807, 2.05) is 6.92 Å². The molecule has 1 atom stereocenters. The Kier molecular flexibility index (Phi) is 2.15.